The first-order valence-corrected chi connectivity index (χ1v) is 10.7. The second-order valence-corrected chi connectivity index (χ2v) is 7.94. The zero-order chi connectivity index (χ0) is 20.5. The Bertz CT molecular complexity index is 843. The molecular weight excluding hydrogens is 386 g/mol. The third-order valence-corrected chi connectivity index (χ3v) is 5.46. The molecule has 0 atom stereocenters. The molecule has 0 spiro atoms. The summed E-state index contributed by atoms with van der Waals surface area (Å²) >= 11 is 1.51. The van der Waals surface area contributed by atoms with E-state index in [9.17, 15) is 9.59 Å². The van der Waals surface area contributed by atoms with Crippen LogP contribution in [0.15, 0.2) is 47.5 Å². The van der Waals surface area contributed by atoms with Crippen LogP contribution in [-0.2, 0) is 9.53 Å². The molecule has 2 amide bonds. The monoisotopic (exact) mass is 413 g/mol. The lowest BCUT2D eigenvalue weighted by molar-refractivity contribution is -0.117. The van der Waals surface area contributed by atoms with Gasteiger partial charge < -0.3 is 15.4 Å². The number of amides is 2. The molecule has 1 aromatic heterocycles. The molecule has 0 aliphatic carbocycles. The molecule has 1 fully saturated rings. The second-order valence-electron chi connectivity index (χ2n) is 6.96. The Hall–Kier alpha value is -2.48. The Labute approximate surface area is 175 Å². The Balaban J connectivity index is 1.59. The van der Waals surface area contributed by atoms with Crippen LogP contribution in [0.3, 0.4) is 0 Å². The summed E-state index contributed by atoms with van der Waals surface area (Å²) in [5, 5.41) is 7.64. The maximum atomic E-state index is 12.7. The summed E-state index contributed by atoms with van der Waals surface area (Å²) in [7, 11) is 0. The van der Waals surface area contributed by atoms with Gasteiger partial charge in [-0.25, -0.2) is 0 Å². The van der Waals surface area contributed by atoms with E-state index in [-0.39, 0.29) is 17.5 Å². The molecule has 0 bridgehead atoms. The third kappa shape index (κ3) is 6.81. The van der Waals surface area contributed by atoms with Crippen LogP contribution in [0.1, 0.15) is 27.2 Å². The molecule has 6 nitrogen and oxygen atoms in total. The van der Waals surface area contributed by atoms with E-state index in [4.69, 9.17) is 4.74 Å². The minimum absolute atomic E-state index is 0.255. The predicted octanol–water partition coefficient (Wildman–Crippen LogP) is 2.67. The molecule has 1 aromatic carbocycles. The molecule has 1 saturated heterocycles. The van der Waals surface area contributed by atoms with Gasteiger partial charge in [-0.1, -0.05) is 23.8 Å². The van der Waals surface area contributed by atoms with Crippen LogP contribution in [0.2, 0.25) is 0 Å². The fraction of sp³-hybridized carbons (Fsp3) is 0.364. The van der Waals surface area contributed by atoms with Gasteiger partial charge in [-0.05, 0) is 49.5 Å². The Kier molecular flexibility index (Phi) is 7.98. The van der Waals surface area contributed by atoms with E-state index >= 15 is 0 Å². The SMILES string of the molecule is Cc1cccc(C(=O)N/C(=C\c2cccs2)C(=O)NCCCN2CCOCC2)c1. The smallest absolute Gasteiger partial charge is 0.267 e. The van der Waals surface area contributed by atoms with Crippen LogP contribution in [0.4, 0.5) is 0 Å². The minimum Gasteiger partial charge on any atom is -0.379 e. The molecule has 154 valence electrons. The van der Waals surface area contributed by atoms with Gasteiger partial charge in [-0.15, -0.1) is 11.3 Å². The van der Waals surface area contributed by atoms with Gasteiger partial charge in [0.15, 0.2) is 0 Å². The van der Waals surface area contributed by atoms with Crippen molar-refractivity contribution in [2.24, 2.45) is 0 Å². The summed E-state index contributed by atoms with van der Waals surface area (Å²) in [4.78, 5) is 28.6. The Morgan fingerprint density at radius 2 is 2.03 bits per heavy atom. The van der Waals surface area contributed by atoms with Crippen molar-refractivity contribution in [3.8, 4) is 0 Å². The van der Waals surface area contributed by atoms with E-state index in [0.717, 1.165) is 49.7 Å². The zero-order valence-electron chi connectivity index (χ0n) is 16.6. The van der Waals surface area contributed by atoms with Gasteiger partial charge in [-0.2, -0.15) is 0 Å². The molecule has 7 heteroatoms. The third-order valence-electron chi connectivity index (χ3n) is 4.64. The van der Waals surface area contributed by atoms with E-state index in [0.29, 0.717) is 12.1 Å². The first-order valence-electron chi connectivity index (χ1n) is 9.83. The summed E-state index contributed by atoms with van der Waals surface area (Å²) < 4.78 is 5.35. The number of carbonyl (C=O) groups is 2. The average molecular weight is 414 g/mol. The van der Waals surface area contributed by atoms with Gasteiger partial charge in [0.05, 0.1) is 13.2 Å². The van der Waals surface area contributed by atoms with E-state index in [1.807, 2.05) is 36.6 Å². The number of hydrogen-bond acceptors (Lipinski definition) is 5. The lowest BCUT2D eigenvalue weighted by atomic mass is 10.1. The molecule has 3 rings (SSSR count). The first-order chi connectivity index (χ1) is 14.1. The molecule has 1 aliphatic rings. The van der Waals surface area contributed by atoms with Crippen molar-refractivity contribution >= 4 is 29.2 Å². The summed E-state index contributed by atoms with van der Waals surface area (Å²) in [6, 6.07) is 11.1. The van der Waals surface area contributed by atoms with Crippen molar-refractivity contribution in [1.82, 2.24) is 15.5 Å². The van der Waals surface area contributed by atoms with Gasteiger partial charge in [0.1, 0.15) is 5.70 Å². The maximum Gasteiger partial charge on any atom is 0.267 e. The molecule has 2 heterocycles. The molecule has 2 N–H and O–H groups in total. The summed E-state index contributed by atoms with van der Waals surface area (Å²) in [6.45, 7) is 6.81. The van der Waals surface area contributed by atoms with Gasteiger partial charge >= 0.3 is 0 Å². The standard InChI is InChI=1S/C22H27N3O3S/c1-17-5-2-6-18(15-17)21(26)24-20(16-19-7-3-14-29-19)22(27)23-8-4-9-25-10-12-28-13-11-25/h2-3,5-7,14-16H,4,8-13H2,1H3,(H,23,27)(H,24,26)/b20-16-. The van der Waals surface area contributed by atoms with Crippen molar-refractivity contribution in [3.63, 3.8) is 0 Å². The van der Waals surface area contributed by atoms with E-state index < -0.39 is 0 Å². The minimum atomic E-state index is -0.292. The number of morpholine rings is 1. The Morgan fingerprint density at radius 1 is 1.21 bits per heavy atom. The average Bonchev–Trinajstić information content (AvgIpc) is 3.24. The number of benzene rings is 1. The summed E-state index contributed by atoms with van der Waals surface area (Å²) in [5.41, 5.74) is 1.78. The lowest BCUT2D eigenvalue weighted by Crippen LogP contribution is -2.39. The highest BCUT2D eigenvalue weighted by molar-refractivity contribution is 7.10. The van der Waals surface area contributed by atoms with Crippen molar-refractivity contribution in [2.45, 2.75) is 13.3 Å². The maximum absolute atomic E-state index is 12.7. The van der Waals surface area contributed by atoms with Crippen molar-refractivity contribution in [1.29, 1.82) is 0 Å². The molecule has 29 heavy (non-hydrogen) atoms. The first kappa shape index (κ1) is 21.2. The fourth-order valence-electron chi connectivity index (χ4n) is 3.08. The predicted molar refractivity (Wildman–Crippen MR) is 116 cm³/mol. The van der Waals surface area contributed by atoms with Crippen molar-refractivity contribution in [3.05, 3.63) is 63.5 Å². The number of ether oxygens (including phenoxy) is 1. The summed E-state index contributed by atoms with van der Waals surface area (Å²) in [6.07, 6.45) is 2.57. The number of rotatable bonds is 8. The van der Waals surface area contributed by atoms with Gasteiger partial charge in [0.2, 0.25) is 0 Å². The highest BCUT2D eigenvalue weighted by Gasteiger charge is 2.15. The normalized spacial score (nSPS) is 15.1. The summed E-state index contributed by atoms with van der Waals surface area (Å²) in [5.74, 6) is -0.568. The highest BCUT2D eigenvalue weighted by Crippen LogP contribution is 2.13. The number of nitrogens with one attached hydrogen (secondary N) is 2. The van der Waals surface area contributed by atoms with Crippen LogP contribution in [-0.4, -0.2) is 56.1 Å². The quantitative estimate of drug-likeness (QED) is 0.516. The number of thiophene rings is 1. The van der Waals surface area contributed by atoms with E-state index in [2.05, 4.69) is 15.5 Å². The largest absolute Gasteiger partial charge is 0.379 e. The van der Waals surface area contributed by atoms with Crippen LogP contribution < -0.4 is 10.6 Å². The van der Waals surface area contributed by atoms with Crippen LogP contribution >= 0.6 is 11.3 Å². The topological polar surface area (TPSA) is 70.7 Å². The molecule has 2 aromatic rings. The van der Waals surface area contributed by atoms with Gasteiger partial charge in [-0.3, -0.25) is 14.5 Å². The molecule has 0 radical (unpaired) electrons. The van der Waals surface area contributed by atoms with Crippen molar-refractivity contribution in [2.75, 3.05) is 39.4 Å². The molecule has 0 unspecified atom stereocenters. The molecule has 1 aliphatic heterocycles. The second kappa shape index (κ2) is 10.9. The van der Waals surface area contributed by atoms with E-state index in [1.54, 1.807) is 18.2 Å². The highest BCUT2D eigenvalue weighted by atomic mass is 32.1. The van der Waals surface area contributed by atoms with Gasteiger partial charge in [0, 0.05) is 30.1 Å². The van der Waals surface area contributed by atoms with Crippen LogP contribution in [0.25, 0.3) is 6.08 Å². The van der Waals surface area contributed by atoms with Crippen LogP contribution in [0.5, 0.6) is 0 Å². The Morgan fingerprint density at radius 3 is 2.76 bits per heavy atom. The number of nitrogens with zero attached hydrogens (tertiary/aromatic N) is 1. The zero-order valence-corrected chi connectivity index (χ0v) is 17.5. The lowest BCUT2D eigenvalue weighted by Gasteiger charge is -2.26. The van der Waals surface area contributed by atoms with E-state index in [1.165, 1.54) is 11.3 Å². The fourth-order valence-corrected chi connectivity index (χ4v) is 3.74. The molecule has 0 saturated carbocycles. The number of hydrogen-bond donors (Lipinski definition) is 2. The number of carbonyl (C=O) groups excluding carboxylic acids is 2. The van der Waals surface area contributed by atoms with Crippen molar-refractivity contribution < 1.29 is 14.3 Å². The van der Waals surface area contributed by atoms with Crippen LogP contribution in [0, 0.1) is 6.92 Å². The molecular formula is C22H27N3O3S. The van der Waals surface area contributed by atoms with Gasteiger partial charge in [0.25, 0.3) is 11.8 Å². The number of aryl methyl sites for hydroxylation is 1.